The Hall–Kier alpha value is -1.55. The Morgan fingerprint density at radius 2 is 2.00 bits per heavy atom. The summed E-state index contributed by atoms with van der Waals surface area (Å²) >= 11 is 0. The van der Waals surface area contributed by atoms with Crippen molar-refractivity contribution in [3.8, 4) is 5.75 Å². The average Bonchev–Trinajstić information content (AvgIpc) is 2.42. The van der Waals surface area contributed by atoms with Crippen LogP contribution in [0.1, 0.15) is 36.0 Å². The van der Waals surface area contributed by atoms with Gasteiger partial charge in [0, 0.05) is 0 Å². The van der Waals surface area contributed by atoms with E-state index in [-0.39, 0.29) is 0 Å². The van der Waals surface area contributed by atoms with Crippen LogP contribution in [0.5, 0.6) is 5.75 Å². The fourth-order valence-corrected chi connectivity index (χ4v) is 1.47. The lowest BCUT2D eigenvalue weighted by Crippen LogP contribution is -2.08. The molecule has 0 N–H and O–H groups in total. The molecule has 1 rings (SSSR count). The van der Waals surface area contributed by atoms with Crippen molar-refractivity contribution in [1.82, 2.24) is 0 Å². The second kappa shape index (κ2) is 8.53. The molecule has 0 atom stereocenters. The van der Waals surface area contributed by atoms with Gasteiger partial charge < -0.3 is 4.74 Å². The first kappa shape index (κ1) is 14.5. The summed E-state index contributed by atoms with van der Waals surface area (Å²) in [5, 5.41) is 0. The van der Waals surface area contributed by atoms with Gasteiger partial charge in [0.1, 0.15) is 11.3 Å². The van der Waals surface area contributed by atoms with E-state index in [1.807, 2.05) is 0 Å². The number of para-hydroxylation sites is 1. The van der Waals surface area contributed by atoms with Gasteiger partial charge in [-0.25, -0.2) is 4.79 Å². The minimum Gasteiger partial charge on any atom is -0.496 e. The van der Waals surface area contributed by atoms with Crippen LogP contribution in [0.4, 0.5) is 0 Å². The third-order valence-electron chi connectivity index (χ3n) is 2.44. The van der Waals surface area contributed by atoms with E-state index in [0.29, 0.717) is 17.9 Å². The van der Waals surface area contributed by atoms with Crippen LogP contribution in [0.2, 0.25) is 0 Å². The van der Waals surface area contributed by atoms with Crippen LogP contribution >= 0.6 is 0 Å². The van der Waals surface area contributed by atoms with E-state index in [2.05, 4.69) is 6.92 Å². The molecule has 0 saturated carbocycles. The predicted molar refractivity (Wildman–Crippen MR) is 68.2 cm³/mol. The van der Waals surface area contributed by atoms with E-state index in [1.165, 1.54) is 7.11 Å². The fraction of sp³-hybridized carbons (Fsp3) is 0.429. The molecule has 0 saturated heterocycles. The molecular weight excluding hydrogens is 232 g/mol. The maximum absolute atomic E-state index is 11.7. The summed E-state index contributed by atoms with van der Waals surface area (Å²) in [6.07, 6.45) is 3.86. The Labute approximate surface area is 108 Å². The smallest absolute Gasteiger partial charge is 0.376 e. The predicted octanol–water partition coefficient (Wildman–Crippen LogP) is 3.18. The van der Waals surface area contributed by atoms with Crippen LogP contribution in [0.25, 0.3) is 0 Å². The summed E-state index contributed by atoms with van der Waals surface area (Å²) in [6, 6.07) is 6.86. The topological polar surface area (TPSA) is 44.8 Å². The Bertz CT molecular complexity index is 363. The van der Waals surface area contributed by atoms with Gasteiger partial charge in [-0.1, -0.05) is 38.3 Å². The van der Waals surface area contributed by atoms with E-state index in [0.717, 1.165) is 25.7 Å². The number of carbonyl (C=O) groups is 1. The molecule has 0 spiro atoms. The minimum absolute atomic E-state index is 0.359. The van der Waals surface area contributed by atoms with Gasteiger partial charge >= 0.3 is 5.97 Å². The molecule has 0 aliphatic rings. The average molecular weight is 251 g/mol. The van der Waals surface area contributed by atoms with Crippen LogP contribution in [0.3, 0.4) is 0 Å². The molecule has 18 heavy (non-hydrogen) atoms. The SMILES string of the molecule is [CH2]CCCCCOOC(=O)c1ccccc1OC. The molecule has 0 aliphatic carbocycles. The van der Waals surface area contributed by atoms with Gasteiger partial charge in [-0.05, 0) is 18.6 Å². The number of ether oxygens (including phenoxy) is 1. The van der Waals surface area contributed by atoms with Crippen molar-refractivity contribution in [2.75, 3.05) is 13.7 Å². The first-order valence-corrected chi connectivity index (χ1v) is 6.05. The summed E-state index contributed by atoms with van der Waals surface area (Å²) in [7, 11) is 1.51. The molecule has 0 aromatic heterocycles. The molecule has 4 nitrogen and oxygen atoms in total. The number of rotatable bonds is 8. The molecule has 0 fully saturated rings. The van der Waals surface area contributed by atoms with Crippen molar-refractivity contribution >= 4 is 5.97 Å². The maximum Gasteiger partial charge on any atom is 0.376 e. The van der Waals surface area contributed by atoms with Crippen LogP contribution < -0.4 is 4.74 Å². The summed E-state index contributed by atoms with van der Waals surface area (Å²) in [4.78, 5) is 21.3. The molecule has 0 heterocycles. The molecular formula is C14H19O4. The van der Waals surface area contributed by atoms with E-state index in [1.54, 1.807) is 24.3 Å². The second-order valence-corrected chi connectivity index (χ2v) is 3.81. The summed E-state index contributed by atoms with van der Waals surface area (Å²) in [5.41, 5.74) is 0.359. The molecule has 99 valence electrons. The van der Waals surface area contributed by atoms with Crippen molar-refractivity contribution < 1.29 is 19.3 Å². The van der Waals surface area contributed by atoms with Crippen LogP contribution in [0, 0.1) is 6.92 Å². The summed E-state index contributed by atoms with van der Waals surface area (Å²) in [6.45, 7) is 4.15. The van der Waals surface area contributed by atoms with Crippen LogP contribution in [-0.4, -0.2) is 19.7 Å². The number of carbonyl (C=O) groups excluding carboxylic acids is 1. The van der Waals surface area contributed by atoms with E-state index in [9.17, 15) is 4.79 Å². The van der Waals surface area contributed by atoms with Gasteiger partial charge in [0.05, 0.1) is 13.7 Å². The largest absolute Gasteiger partial charge is 0.496 e. The number of hydrogen-bond donors (Lipinski definition) is 0. The molecule has 4 heteroatoms. The highest BCUT2D eigenvalue weighted by atomic mass is 17.2. The van der Waals surface area contributed by atoms with Crippen LogP contribution in [0.15, 0.2) is 24.3 Å². The molecule has 1 aromatic carbocycles. The van der Waals surface area contributed by atoms with E-state index in [4.69, 9.17) is 14.5 Å². The molecule has 1 aromatic rings. The molecule has 0 bridgehead atoms. The number of hydrogen-bond acceptors (Lipinski definition) is 4. The lowest BCUT2D eigenvalue weighted by Gasteiger charge is -2.07. The van der Waals surface area contributed by atoms with Gasteiger partial charge in [-0.2, -0.15) is 4.89 Å². The first-order valence-electron chi connectivity index (χ1n) is 6.05. The monoisotopic (exact) mass is 251 g/mol. The lowest BCUT2D eigenvalue weighted by molar-refractivity contribution is -0.241. The molecule has 0 aliphatic heterocycles. The third kappa shape index (κ3) is 4.75. The molecule has 0 amide bonds. The van der Waals surface area contributed by atoms with Gasteiger partial charge in [0.25, 0.3) is 0 Å². The highest BCUT2D eigenvalue weighted by Gasteiger charge is 2.13. The van der Waals surface area contributed by atoms with Gasteiger partial charge in [-0.3, -0.25) is 4.89 Å². The number of unbranched alkanes of at least 4 members (excludes halogenated alkanes) is 3. The zero-order valence-corrected chi connectivity index (χ0v) is 10.7. The highest BCUT2D eigenvalue weighted by Crippen LogP contribution is 2.18. The normalized spacial score (nSPS) is 10.1. The fourth-order valence-electron chi connectivity index (χ4n) is 1.47. The second-order valence-electron chi connectivity index (χ2n) is 3.81. The highest BCUT2D eigenvalue weighted by molar-refractivity contribution is 5.92. The van der Waals surface area contributed by atoms with Gasteiger partial charge in [0.2, 0.25) is 0 Å². The Morgan fingerprint density at radius 1 is 1.22 bits per heavy atom. The van der Waals surface area contributed by atoms with Crippen molar-refractivity contribution in [2.45, 2.75) is 25.7 Å². The first-order chi connectivity index (χ1) is 8.79. The number of methoxy groups -OCH3 is 1. The maximum atomic E-state index is 11.7. The summed E-state index contributed by atoms with van der Waals surface area (Å²) in [5.74, 6) is -0.0623. The van der Waals surface area contributed by atoms with E-state index >= 15 is 0 Å². The summed E-state index contributed by atoms with van der Waals surface area (Å²) < 4.78 is 5.06. The molecule has 0 unspecified atom stereocenters. The minimum atomic E-state index is -0.537. The van der Waals surface area contributed by atoms with Gasteiger partial charge in [-0.15, -0.1) is 0 Å². The quantitative estimate of drug-likeness (QED) is 0.404. The molecule has 1 radical (unpaired) electrons. The van der Waals surface area contributed by atoms with Crippen molar-refractivity contribution in [2.24, 2.45) is 0 Å². The zero-order chi connectivity index (χ0) is 13.2. The Balaban J connectivity index is 2.32. The van der Waals surface area contributed by atoms with E-state index < -0.39 is 5.97 Å². The van der Waals surface area contributed by atoms with Crippen molar-refractivity contribution in [3.63, 3.8) is 0 Å². The Morgan fingerprint density at radius 3 is 2.72 bits per heavy atom. The zero-order valence-electron chi connectivity index (χ0n) is 10.7. The Kier molecular flexibility index (Phi) is 6.87. The third-order valence-corrected chi connectivity index (χ3v) is 2.44. The van der Waals surface area contributed by atoms with Crippen molar-refractivity contribution in [3.05, 3.63) is 36.8 Å². The van der Waals surface area contributed by atoms with Crippen LogP contribution in [-0.2, 0) is 9.78 Å². The lowest BCUT2D eigenvalue weighted by atomic mass is 10.2. The van der Waals surface area contributed by atoms with Gasteiger partial charge in [0.15, 0.2) is 0 Å². The standard InChI is InChI=1S/C14H19O4/c1-3-4-5-8-11-17-18-14(15)12-9-6-7-10-13(12)16-2/h6-7,9-10H,1,3-5,8,11H2,2H3. The number of benzene rings is 1. The van der Waals surface area contributed by atoms with Crippen molar-refractivity contribution in [1.29, 1.82) is 0 Å².